The van der Waals surface area contributed by atoms with Crippen molar-refractivity contribution in [3.8, 4) is 11.5 Å². The van der Waals surface area contributed by atoms with Gasteiger partial charge in [-0.1, -0.05) is 48.0 Å². The van der Waals surface area contributed by atoms with Crippen LogP contribution in [0.15, 0.2) is 70.3 Å². The number of aromatic nitrogens is 1. The minimum Gasteiger partial charge on any atom is -0.444 e. The van der Waals surface area contributed by atoms with Crippen molar-refractivity contribution in [2.45, 2.75) is 38.6 Å². The van der Waals surface area contributed by atoms with E-state index in [-0.39, 0.29) is 29.4 Å². The molecule has 0 atom stereocenters. The first kappa shape index (κ1) is 25.2. The number of aliphatic imine (C=N–C) groups is 1. The highest BCUT2D eigenvalue weighted by atomic mass is 127. The van der Waals surface area contributed by atoms with Crippen molar-refractivity contribution in [1.29, 1.82) is 0 Å². The number of ether oxygens (including phenoxy) is 1. The van der Waals surface area contributed by atoms with Crippen molar-refractivity contribution in [1.82, 2.24) is 15.6 Å². The first-order chi connectivity index (χ1) is 15.7. The molecule has 0 radical (unpaired) electrons. The predicted molar refractivity (Wildman–Crippen MR) is 143 cm³/mol. The molecular weight excluding hydrogens is 527 g/mol. The SMILES string of the molecule is CCNC(=NCc1coc(-c2ccc(C)cc2)n1)NCC1(c2ccccc2)CCOCC1.I. The van der Waals surface area contributed by atoms with Crippen LogP contribution < -0.4 is 10.6 Å². The molecule has 1 aliphatic rings. The molecule has 0 aliphatic carbocycles. The van der Waals surface area contributed by atoms with Gasteiger partial charge in [-0.05, 0) is 44.4 Å². The van der Waals surface area contributed by atoms with E-state index in [1.165, 1.54) is 11.1 Å². The molecule has 0 unspecified atom stereocenters. The van der Waals surface area contributed by atoms with Crippen molar-refractivity contribution < 1.29 is 9.15 Å². The van der Waals surface area contributed by atoms with Gasteiger partial charge in [0.15, 0.2) is 5.96 Å². The number of halogens is 1. The molecule has 0 spiro atoms. The number of benzene rings is 2. The largest absolute Gasteiger partial charge is 0.444 e. The summed E-state index contributed by atoms with van der Waals surface area (Å²) in [4.78, 5) is 9.36. The Labute approximate surface area is 213 Å². The summed E-state index contributed by atoms with van der Waals surface area (Å²) >= 11 is 0. The standard InChI is InChI=1S/C26H32N4O2.HI/c1-3-27-25(28-17-23-18-32-24(30-23)21-11-9-20(2)10-12-21)29-19-26(13-15-31-16-14-26)22-7-5-4-6-8-22;/h4-12,18H,3,13-17,19H2,1-2H3,(H2,27,28,29);1H. The molecule has 3 aromatic rings. The zero-order chi connectivity index (χ0) is 22.2. The van der Waals surface area contributed by atoms with Gasteiger partial charge in [0.2, 0.25) is 5.89 Å². The Morgan fingerprint density at radius 2 is 1.76 bits per heavy atom. The molecule has 1 aliphatic heterocycles. The molecule has 1 aromatic heterocycles. The van der Waals surface area contributed by atoms with Gasteiger partial charge in [-0.15, -0.1) is 24.0 Å². The van der Waals surface area contributed by atoms with Crippen molar-refractivity contribution in [3.63, 3.8) is 0 Å². The fraction of sp³-hybridized carbons (Fsp3) is 0.385. The summed E-state index contributed by atoms with van der Waals surface area (Å²) in [6.45, 7) is 7.75. The van der Waals surface area contributed by atoms with Crippen LogP contribution in [0.3, 0.4) is 0 Å². The quantitative estimate of drug-likeness (QED) is 0.240. The summed E-state index contributed by atoms with van der Waals surface area (Å²) in [5.41, 5.74) is 4.39. The highest BCUT2D eigenvalue weighted by Crippen LogP contribution is 2.34. The second kappa shape index (κ2) is 12.2. The lowest BCUT2D eigenvalue weighted by Gasteiger charge is -2.38. The second-order valence-corrected chi connectivity index (χ2v) is 8.32. The monoisotopic (exact) mass is 560 g/mol. The molecule has 2 N–H and O–H groups in total. The van der Waals surface area contributed by atoms with Crippen LogP contribution in [-0.4, -0.2) is 37.2 Å². The van der Waals surface area contributed by atoms with Gasteiger partial charge in [0.25, 0.3) is 0 Å². The summed E-state index contributed by atoms with van der Waals surface area (Å²) in [5.74, 6) is 1.41. The molecule has 4 rings (SSSR count). The van der Waals surface area contributed by atoms with E-state index in [4.69, 9.17) is 14.1 Å². The van der Waals surface area contributed by atoms with Crippen LogP contribution >= 0.6 is 24.0 Å². The van der Waals surface area contributed by atoms with E-state index in [0.717, 1.165) is 56.4 Å². The first-order valence-electron chi connectivity index (χ1n) is 11.4. The third-order valence-corrected chi connectivity index (χ3v) is 6.02. The second-order valence-electron chi connectivity index (χ2n) is 8.32. The normalized spacial score (nSPS) is 15.5. The number of nitrogens with one attached hydrogen (secondary N) is 2. The van der Waals surface area contributed by atoms with Gasteiger partial charge in [-0.3, -0.25) is 0 Å². The smallest absolute Gasteiger partial charge is 0.226 e. The summed E-state index contributed by atoms with van der Waals surface area (Å²) < 4.78 is 11.3. The molecule has 0 bridgehead atoms. The topological polar surface area (TPSA) is 71.7 Å². The number of hydrogen-bond donors (Lipinski definition) is 2. The average Bonchev–Trinajstić information content (AvgIpc) is 3.31. The van der Waals surface area contributed by atoms with Gasteiger partial charge < -0.3 is 19.8 Å². The molecule has 0 saturated carbocycles. The Kier molecular flexibility index (Phi) is 9.31. The van der Waals surface area contributed by atoms with E-state index in [1.807, 2.05) is 12.1 Å². The number of aryl methyl sites for hydroxylation is 1. The molecule has 1 saturated heterocycles. The van der Waals surface area contributed by atoms with E-state index < -0.39 is 0 Å². The molecule has 2 heterocycles. The van der Waals surface area contributed by atoms with Crippen molar-refractivity contribution in [2.75, 3.05) is 26.3 Å². The van der Waals surface area contributed by atoms with E-state index in [0.29, 0.717) is 12.4 Å². The Hall–Kier alpha value is -2.39. The van der Waals surface area contributed by atoms with Crippen LogP contribution in [0.2, 0.25) is 0 Å². The lowest BCUT2D eigenvalue weighted by molar-refractivity contribution is 0.0514. The van der Waals surface area contributed by atoms with Gasteiger partial charge in [-0.25, -0.2) is 9.98 Å². The third kappa shape index (κ3) is 6.57. The van der Waals surface area contributed by atoms with Crippen LogP contribution in [0.4, 0.5) is 0 Å². The lowest BCUT2D eigenvalue weighted by Crippen LogP contribution is -2.48. The van der Waals surface area contributed by atoms with Gasteiger partial charge >= 0.3 is 0 Å². The van der Waals surface area contributed by atoms with Crippen molar-refractivity contribution >= 4 is 29.9 Å². The fourth-order valence-corrected chi connectivity index (χ4v) is 4.08. The Morgan fingerprint density at radius 3 is 2.45 bits per heavy atom. The van der Waals surface area contributed by atoms with Gasteiger partial charge in [0.05, 0.1) is 6.54 Å². The van der Waals surface area contributed by atoms with E-state index >= 15 is 0 Å². The maximum atomic E-state index is 5.68. The van der Waals surface area contributed by atoms with Crippen LogP contribution in [0.5, 0.6) is 0 Å². The lowest BCUT2D eigenvalue weighted by atomic mass is 9.74. The summed E-state index contributed by atoms with van der Waals surface area (Å²) in [6.07, 6.45) is 3.67. The maximum Gasteiger partial charge on any atom is 0.226 e. The summed E-state index contributed by atoms with van der Waals surface area (Å²) in [5, 5.41) is 6.92. The van der Waals surface area contributed by atoms with Crippen LogP contribution in [-0.2, 0) is 16.7 Å². The summed E-state index contributed by atoms with van der Waals surface area (Å²) in [6, 6.07) is 18.9. The molecular formula is C26H33IN4O2. The van der Waals surface area contributed by atoms with Crippen LogP contribution in [0, 0.1) is 6.92 Å². The highest BCUT2D eigenvalue weighted by Gasteiger charge is 2.34. The predicted octanol–water partition coefficient (Wildman–Crippen LogP) is 5.07. The molecule has 33 heavy (non-hydrogen) atoms. The molecule has 2 aromatic carbocycles. The molecule has 176 valence electrons. The van der Waals surface area contributed by atoms with Crippen LogP contribution in [0.1, 0.15) is 36.6 Å². The zero-order valence-electron chi connectivity index (χ0n) is 19.3. The molecule has 1 fully saturated rings. The number of nitrogens with zero attached hydrogens (tertiary/aromatic N) is 2. The zero-order valence-corrected chi connectivity index (χ0v) is 21.7. The van der Waals surface area contributed by atoms with Crippen molar-refractivity contribution in [3.05, 3.63) is 77.7 Å². The number of rotatable bonds is 7. The number of oxazole rings is 1. The highest BCUT2D eigenvalue weighted by molar-refractivity contribution is 14.0. The van der Waals surface area contributed by atoms with E-state index in [1.54, 1.807) is 6.26 Å². The average molecular weight is 560 g/mol. The van der Waals surface area contributed by atoms with Gasteiger partial charge in [0, 0.05) is 37.3 Å². The van der Waals surface area contributed by atoms with E-state index in [2.05, 4.69) is 71.9 Å². The summed E-state index contributed by atoms with van der Waals surface area (Å²) in [7, 11) is 0. The third-order valence-electron chi connectivity index (χ3n) is 6.02. The Balaban J connectivity index is 0.00000306. The minimum atomic E-state index is 0. The number of guanidine groups is 1. The maximum absolute atomic E-state index is 5.68. The minimum absolute atomic E-state index is 0. The van der Waals surface area contributed by atoms with Gasteiger partial charge in [0.1, 0.15) is 12.0 Å². The number of hydrogen-bond acceptors (Lipinski definition) is 4. The first-order valence-corrected chi connectivity index (χ1v) is 11.4. The molecule has 7 heteroatoms. The molecule has 6 nitrogen and oxygen atoms in total. The van der Waals surface area contributed by atoms with Gasteiger partial charge in [-0.2, -0.15) is 0 Å². The van der Waals surface area contributed by atoms with E-state index in [9.17, 15) is 0 Å². The fourth-order valence-electron chi connectivity index (χ4n) is 4.08. The van der Waals surface area contributed by atoms with Crippen LogP contribution in [0.25, 0.3) is 11.5 Å². The Bertz CT molecular complexity index is 1010. The molecule has 0 amide bonds. The van der Waals surface area contributed by atoms with Crippen molar-refractivity contribution in [2.24, 2.45) is 4.99 Å². The Morgan fingerprint density at radius 1 is 1.03 bits per heavy atom.